The van der Waals surface area contributed by atoms with Crippen LogP contribution in [-0.4, -0.2) is 69.4 Å². The lowest BCUT2D eigenvalue weighted by atomic mass is 10.0. The van der Waals surface area contributed by atoms with E-state index in [0.717, 1.165) is 15.8 Å². The summed E-state index contributed by atoms with van der Waals surface area (Å²) in [5, 5.41) is 17.3. The lowest BCUT2D eigenvalue weighted by Crippen LogP contribution is -2.71. The Labute approximate surface area is 210 Å². The molecule has 0 spiro atoms. The van der Waals surface area contributed by atoms with Crippen LogP contribution in [0.15, 0.2) is 50.5 Å². The van der Waals surface area contributed by atoms with Crippen molar-refractivity contribution in [3.8, 4) is 5.75 Å². The molecular weight excluding hydrogens is 550 g/mol. The third-order valence-corrected chi connectivity index (χ3v) is 7.47. The third kappa shape index (κ3) is 4.74. The summed E-state index contributed by atoms with van der Waals surface area (Å²) in [5.74, 6) is -1.58. The van der Waals surface area contributed by atoms with E-state index in [-0.39, 0.29) is 28.8 Å². The maximum absolute atomic E-state index is 12.9. The smallest absolute Gasteiger partial charge is 0.352 e. The number of nitrogen functional groups attached to an aromatic ring is 1. The van der Waals surface area contributed by atoms with Gasteiger partial charge in [0.1, 0.15) is 42.3 Å². The summed E-state index contributed by atoms with van der Waals surface area (Å²) in [6, 6.07) is 6.18. The van der Waals surface area contributed by atoms with E-state index >= 15 is 0 Å². The summed E-state index contributed by atoms with van der Waals surface area (Å²) in [4.78, 5) is 47.6. The van der Waals surface area contributed by atoms with E-state index in [9.17, 15) is 19.5 Å². The number of aromatic nitrogens is 1. The van der Waals surface area contributed by atoms with Gasteiger partial charge in [0.2, 0.25) is 0 Å². The molecule has 1 aromatic heterocycles. The predicted molar refractivity (Wildman–Crippen MR) is 129 cm³/mol. The molecule has 34 heavy (non-hydrogen) atoms. The van der Waals surface area contributed by atoms with Crippen LogP contribution >= 0.6 is 39.0 Å². The summed E-state index contributed by atoms with van der Waals surface area (Å²) in [5.41, 5.74) is 6.04. The highest BCUT2D eigenvalue weighted by atomic mass is 79.9. The molecule has 0 radical (unpaired) electrons. The Morgan fingerprint density at radius 2 is 2.12 bits per heavy atom. The number of aliphatic carboxylic acids is 1. The van der Waals surface area contributed by atoms with Crippen molar-refractivity contribution in [3.05, 3.63) is 51.1 Å². The van der Waals surface area contributed by atoms with Gasteiger partial charge in [-0.1, -0.05) is 21.1 Å². The van der Waals surface area contributed by atoms with Crippen molar-refractivity contribution in [2.24, 2.45) is 5.16 Å². The van der Waals surface area contributed by atoms with E-state index < -0.39 is 29.2 Å². The largest absolute Gasteiger partial charge is 0.489 e. The molecule has 2 aliphatic heterocycles. The molecule has 2 atom stereocenters. The molecule has 14 heteroatoms. The van der Waals surface area contributed by atoms with Gasteiger partial charge in [0, 0.05) is 21.2 Å². The second-order valence-corrected chi connectivity index (χ2v) is 9.96. The summed E-state index contributed by atoms with van der Waals surface area (Å²) in [6.45, 7) is 0.0136. The van der Waals surface area contributed by atoms with Crippen LogP contribution in [0.5, 0.6) is 5.75 Å². The number of fused-ring (bicyclic) bond motifs is 1. The molecule has 0 bridgehead atoms. The number of anilines is 1. The van der Waals surface area contributed by atoms with Gasteiger partial charge in [0.05, 0.1) is 0 Å². The van der Waals surface area contributed by atoms with Crippen LogP contribution in [0.25, 0.3) is 0 Å². The fraction of sp³-hybridized carbons (Fsp3) is 0.250. The Morgan fingerprint density at radius 3 is 2.74 bits per heavy atom. The van der Waals surface area contributed by atoms with Crippen LogP contribution in [-0.2, 0) is 19.2 Å². The molecule has 178 valence electrons. The molecule has 2 aliphatic rings. The van der Waals surface area contributed by atoms with Crippen molar-refractivity contribution >= 4 is 67.7 Å². The first kappa shape index (κ1) is 24.0. The number of hydrogen-bond acceptors (Lipinski definition) is 10. The molecular formula is C20H18BrN5O6S2. The maximum atomic E-state index is 12.9. The number of oxime groups is 1. The lowest BCUT2D eigenvalue weighted by molar-refractivity contribution is -0.150. The zero-order chi connectivity index (χ0) is 24.4. The minimum absolute atomic E-state index is 0.0136. The molecule has 4 N–H and O–H groups in total. The molecule has 0 saturated carbocycles. The van der Waals surface area contributed by atoms with Gasteiger partial charge in [0.15, 0.2) is 10.8 Å². The number of rotatable bonds is 8. The standard InChI is InChI=1S/C20H18BrN5O6S2/c1-31-25-13(12-8-34-20(22)23-12)16(27)24-14-17(28)26-15(19(29)30)9(7-33-18(14)26)6-32-11-4-2-10(21)3-5-11/h2-5,8,14,18H,6-7H2,1H3,(H2,22,23)(H,24,27)(H,29,30)/t14?,18-/m0/s1. The SMILES string of the molecule is CON=C(C(=O)NC1C(=O)N2C(C(=O)O)=C(COc3ccc(Br)cc3)CS[C@@H]12)c1csc(N)n1. The van der Waals surface area contributed by atoms with Gasteiger partial charge in [-0.3, -0.25) is 14.5 Å². The molecule has 1 unspecified atom stereocenters. The van der Waals surface area contributed by atoms with Gasteiger partial charge in [-0.25, -0.2) is 9.78 Å². The Balaban J connectivity index is 1.48. The molecule has 3 heterocycles. The molecule has 1 aromatic carbocycles. The first-order chi connectivity index (χ1) is 16.3. The fourth-order valence-electron chi connectivity index (χ4n) is 3.40. The number of amides is 2. The molecule has 1 fully saturated rings. The first-order valence-electron chi connectivity index (χ1n) is 9.72. The van der Waals surface area contributed by atoms with Crippen molar-refractivity contribution < 1.29 is 29.1 Å². The number of nitrogens with one attached hydrogen (secondary N) is 1. The highest BCUT2D eigenvalue weighted by Crippen LogP contribution is 2.40. The molecule has 2 aromatic rings. The number of nitrogens with zero attached hydrogens (tertiary/aromatic N) is 3. The first-order valence-corrected chi connectivity index (χ1v) is 12.4. The van der Waals surface area contributed by atoms with Crippen molar-refractivity contribution in [1.29, 1.82) is 0 Å². The summed E-state index contributed by atoms with van der Waals surface area (Å²) in [6.07, 6.45) is 0. The molecule has 0 aliphatic carbocycles. The predicted octanol–water partition coefficient (Wildman–Crippen LogP) is 1.66. The van der Waals surface area contributed by atoms with E-state index in [2.05, 4.69) is 31.4 Å². The second-order valence-electron chi connectivity index (χ2n) is 7.05. The van der Waals surface area contributed by atoms with E-state index in [1.165, 1.54) is 23.8 Å². The highest BCUT2D eigenvalue weighted by molar-refractivity contribution is 9.10. The number of carbonyl (C=O) groups is 3. The summed E-state index contributed by atoms with van der Waals surface area (Å²) < 4.78 is 6.60. The monoisotopic (exact) mass is 567 g/mol. The van der Waals surface area contributed by atoms with Gasteiger partial charge in [-0.05, 0) is 24.3 Å². The van der Waals surface area contributed by atoms with Crippen molar-refractivity contribution in [2.45, 2.75) is 11.4 Å². The minimum Gasteiger partial charge on any atom is -0.489 e. The quantitative estimate of drug-likeness (QED) is 0.245. The van der Waals surface area contributed by atoms with E-state index in [1.807, 2.05) is 0 Å². The average molecular weight is 568 g/mol. The Hall–Kier alpha value is -3.10. The molecule has 1 saturated heterocycles. The molecule has 11 nitrogen and oxygen atoms in total. The molecule has 2 amide bonds. The average Bonchev–Trinajstić information content (AvgIpc) is 3.25. The lowest BCUT2D eigenvalue weighted by Gasteiger charge is -2.49. The Kier molecular flexibility index (Phi) is 7.09. The summed E-state index contributed by atoms with van der Waals surface area (Å²) >= 11 is 5.80. The van der Waals surface area contributed by atoms with Crippen LogP contribution in [0.4, 0.5) is 5.13 Å². The van der Waals surface area contributed by atoms with Gasteiger partial charge >= 0.3 is 5.97 Å². The number of thioether (sulfide) groups is 1. The van der Waals surface area contributed by atoms with Gasteiger partial charge < -0.3 is 25.7 Å². The number of benzene rings is 1. The van der Waals surface area contributed by atoms with Gasteiger partial charge in [-0.15, -0.1) is 23.1 Å². The van der Waals surface area contributed by atoms with Crippen molar-refractivity contribution in [1.82, 2.24) is 15.2 Å². The number of carboxylic acid groups (broad SMARTS) is 1. The minimum atomic E-state index is -1.24. The number of thiazole rings is 1. The normalized spacial score (nSPS) is 19.9. The van der Waals surface area contributed by atoms with Crippen LogP contribution in [0.2, 0.25) is 0 Å². The van der Waals surface area contributed by atoms with Crippen LogP contribution < -0.4 is 15.8 Å². The highest BCUT2D eigenvalue weighted by Gasteiger charge is 2.54. The van der Waals surface area contributed by atoms with Crippen molar-refractivity contribution in [3.63, 3.8) is 0 Å². The molecule has 4 rings (SSSR count). The zero-order valence-corrected chi connectivity index (χ0v) is 20.8. The third-order valence-electron chi connectivity index (χ3n) is 4.93. The van der Waals surface area contributed by atoms with Crippen molar-refractivity contribution in [2.75, 3.05) is 25.2 Å². The number of hydrogen-bond donors (Lipinski definition) is 3. The zero-order valence-electron chi connectivity index (χ0n) is 17.6. The topological polar surface area (TPSA) is 156 Å². The van der Waals surface area contributed by atoms with E-state index in [1.54, 1.807) is 29.6 Å². The number of carboxylic acids is 1. The Bertz CT molecular complexity index is 1200. The number of β-lactam (4-membered cyclic amide) rings is 1. The Morgan fingerprint density at radius 1 is 1.38 bits per heavy atom. The van der Waals surface area contributed by atoms with E-state index in [0.29, 0.717) is 17.1 Å². The van der Waals surface area contributed by atoms with Crippen LogP contribution in [0, 0.1) is 0 Å². The van der Waals surface area contributed by atoms with Gasteiger partial charge in [0.25, 0.3) is 11.8 Å². The van der Waals surface area contributed by atoms with Gasteiger partial charge in [-0.2, -0.15) is 0 Å². The van der Waals surface area contributed by atoms with Crippen LogP contribution in [0.1, 0.15) is 5.69 Å². The van der Waals surface area contributed by atoms with E-state index in [4.69, 9.17) is 15.3 Å². The number of ether oxygens (including phenoxy) is 1. The second kappa shape index (κ2) is 10.0. The number of carbonyl (C=O) groups excluding carboxylic acids is 2. The maximum Gasteiger partial charge on any atom is 0.352 e. The summed E-state index contributed by atoms with van der Waals surface area (Å²) in [7, 11) is 1.28. The fourth-order valence-corrected chi connectivity index (χ4v) is 5.54. The number of halogens is 1. The van der Waals surface area contributed by atoms with Crippen LogP contribution in [0.3, 0.4) is 0 Å². The number of nitrogens with two attached hydrogens (primary N) is 1.